The number of aromatic amines is 1. The van der Waals surface area contributed by atoms with Crippen molar-refractivity contribution in [2.75, 3.05) is 6.61 Å². The van der Waals surface area contributed by atoms with Crippen molar-refractivity contribution >= 4 is 28.3 Å². The molecule has 7 nitrogen and oxygen atoms in total. The lowest BCUT2D eigenvalue weighted by Gasteiger charge is -2.20. The van der Waals surface area contributed by atoms with Crippen LogP contribution in [-0.2, 0) is 22.5 Å². The molecule has 4 aromatic carbocycles. The molecule has 0 radical (unpaired) electrons. The van der Waals surface area contributed by atoms with Gasteiger partial charge in [-0.1, -0.05) is 109 Å². The lowest BCUT2D eigenvalue weighted by Crippen LogP contribution is -2.48. The van der Waals surface area contributed by atoms with Gasteiger partial charge in [0.15, 0.2) is 0 Å². The number of ether oxygens (including phenoxy) is 1. The minimum atomic E-state index is -0.856. The number of carbonyl (C=O) groups is 2. The summed E-state index contributed by atoms with van der Waals surface area (Å²) in [4.78, 5) is 34.5. The SMILES string of the molecule is C/C=C\C1=C(C)c2ccccc2C1COC(=O)NC(Cc1ccc2ccccc2c1)C(=O)NCc1ncc(-c2ccccc2)[nH]1. The molecule has 0 saturated heterocycles. The van der Waals surface area contributed by atoms with Crippen molar-refractivity contribution in [3.8, 4) is 11.3 Å². The van der Waals surface area contributed by atoms with Crippen LogP contribution >= 0.6 is 0 Å². The number of nitrogens with one attached hydrogen (secondary N) is 3. The number of nitrogens with zero attached hydrogens (tertiary/aromatic N) is 1. The van der Waals surface area contributed by atoms with Crippen LogP contribution in [0, 0.1) is 0 Å². The van der Waals surface area contributed by atoms with Gasteiger partial charge in [0, 0.05) is 12.3 Å². The van der Waals surface area contributed by atoms with E-state index >= 15 is 0 Å². The predicted molar refractivity (Wildman–Crippen MR) is 178 cm³/mol. The fourth-order valence-electron chi connectivity index (χ4n) is 5.99. The maximum absolute atomic E-state index is 13.6. The van der Waals surface area contributed by atoms with E-state index in [9.17, 15) is 9.59 Å². The zero-order chi connectivity index (χ0) is 31.2. The Morgan fingerprint density at radius 1 is 0.956 bits per heavy atom. The van der Waals surface area contributed by atoms with E-state index < -0.39 is 12.1 Å². The third kappa shape index (κ3) is 6.73. The summed E-state index contributed by atoms with van der Waals surface area (Å²) in [7, 11) is 0. The van der Waals surface area contributed by atoms with Crippen molar-refractivity contribution in [3.05, 3.63) is 143 Å². The number of aromatic nitrogens is 2. The molecule has 226 valence electrons. The number of rotatable bonds is 10. The van der Waals surface area contributed by atoms with Gasteiger partial charge >= 0.3 is 6.09 Å². The van der Waals surface area contributed by atoms with Crippen LogP contribution in [0.25, 0.3) is 27.6 Å². The van der Waals surface area contributed by atoms with E-state index in [-0.39, 0.29) is 25.0 Å². The van der Waals surface area contributed by atoms with Crippen LogP contribution in [0.3, 0.4) is 0 Å². The predicted octanol–water partition coefficient (Wildman–Crippen LogP) is 7.33. The number of fused-ring (bicyclic) bond motifs is 2. The molecule has 1 aliphatic rings. The zero-order valence-corrected chi connectivity index (χ0v) is 25.4. The molecule has 1 aromatic heterocycles. The molecule has 1 heterocycles. The number of amides is 2. The van der Waals surface area contributed by atoms with E-state index in [2.05, 4.69) is 45.7 Å². The summed E-state index contributed by atoms with van der Waals surface area (Å²) in [5.41, 5.74) is 7.41. The average molecular weight is 597 g/mol. The molecular formula is C38H36N4O3. The molecule has 0 bridgehead atoms. The van der Waals surface area contributed by atoms with Crippen LogP contribution in [0.4, 0.5) is 4.79 Å². The Bertz CT molecular complexity index is 1890. The Kier molecular flexibility index (Phi) is 8.87. The molecule has 2 unspecified atom stereocenters. The van der Waals surface area contributed by atoms with E-state index in [1.54, 1.807) is 6.20 Å². The van der Waals surface area contributed by atoms with Crippen LogP contribution in [0.5, 0.6) is 0 Å². The van der Waals surface area contributed by atoms with Crippen LogP contribution in [-0.4, -0.2) is 34.6 Å². The Labute approximate surface area is 263 Å². The largest absolute Gasteiger partial charge is 0.449 e. The third-order valence-corrected chi connectivity index (χ3v) is 8.28. The first-order valence-electron chi connectivity index (χ1n) is 15.2. The van der Waals surface area contributed by atoms with Gasteiger partial charge in [-0.2, -0.15) is 0 Å². The zero-order valence-electron chi connectivity index (χ0n) is 25.4. The summed E-state index contributed by atoms with van der Waals surface area (Å²) >= 11 is 0. The summed E-state index contributed by atoms with van der Waals surface area (Å²) < 4.78 is 5.79. The monoisotopic (exact) mass is 596 g/mol. The molecule has 45 heavy (non-hydrogen) atoms. The molecule has 0 spiro atoms. The van der Waals surface area contributed by atoms with Crippen LogP contribution in [0.15, 0.2) is 121 Å². The standard InChI is InChI=1S/C38H36N4O3/c1-3-11-30-25(2)31-16-9-10-17-32(31)33(30)24-45-38(44)42-34(21-26-18-19-27-12-7-8-15-29(27)20-26)37(43)40-23-36-39-22-35(41-36)28-13-5-4-6-14-28/h3-20,22,33-34H,21,23-24H2,1-2H3,(H,39,41)(H,40,43)(H,42,44)/b11-3-. The summed E-state index contributed by atoms with van der Waals surface area (Å²) in [6.45, 7) is 4.43. The summed E-state index contributed by atoms with van der Waals surface area (Å²) in [6, 6.07) is 31.3. The van der Waals surface area contributed by atoms with Gasteiger partial charge in [-0.25, -0.2) is 9.78 Å². The summed E-state index contributed by atoms with van der Waals surface area (Å²) in [6.07, 6.45) is 5.49. The van der Waals surface area contributed by atoms with Crippen LogP contribution < -0.4 is 10.6 Å². The first-order valence-corrected chi connectivity index (χ1v) is 15.2. The Morgan fingerprint density at radius 2 is 1.71 bits per heavy atom. The first kappa shape index (κ1) is 29.6. The van der Waals surface area contributed by atoms with Gasteiger partial charge in [0.05, 0.1) is 18.4 Å². The summed E-state index contributed by atoms with van der Waals surface area (Å²) in [5, 5.41) is 7.97. The first-order chi connectivity index (χ1) is 22.0. The molecule has 7 heteroatoms. The number of benzene rings is 4. The van der Waals surface area contributed by atoms with Gasteiger partial charge in [0.2, 0.25) is 5.91 Å². The van der Waals surface area contributed by atoms with Gasteiger partial charge in [-0.3, -0.25) is 4.79 Å². The second kappa shape index (κ2) is 13.5. The number of alkyl carbamates (subject to hydrolysis) is 1. The number of hydrogen-bond donors (Lipinski definition) is 3. The summed E-state index contributed by atoms with van der Waals surface area (Å²) in [5.74, 6) is 0.218. The molecule has 2 amide bonds. The maximum atomic E-state index is 13.6. The molecule has 2 atom stereocenters. The Morgan fingerprint density at radius 3 is 2.53 bits per heavy atom. The number of hydrogen-bond acceptors (Lipinski definition) is 4. The fraction of sp³-hybridized carbons (Fsp3) is 0.184. The van der Waals surface area contributed by atoms with Crippen molar-refractivity contribution in [3.63, 3.8) is 0 Å². The molecule has 5 aromatic rings. The minimum Gasteiger partial charge on any atom is -0.449 e. The van der Waals surface area contributed by atoms with E-state index in [0.717, 1.165) is 38.7 Å². The lowest BCUT2D eigenvalue weighted by molar-refractivity contribution is -0.123. The van der Waals surface area contributed by atoms with Gasteiger partial charge in [0.25, 0.3) is 0 Å². The third-order valence-electron chi connectivity index (χ3n) is 8.28. The Balaban J connectivity index is 1.16. The fourth-order valence-corrected chi connectivity index (χ4v) is 5.99. The van der Waals surface area contributed by atoms with Crippen molar-refractivity contribution < 1.29 is 14.3 Å². The molecule has 3 N–H and O–H groups in total. The highest BCUT2D eigenvalue weighted by Gasteiger charge is 2.29. The normalized spacial score (nSPS) is 14.8. The van der Waals surface area contributed by atoms with Gasteiger partial charge in [-0.15, -0.1) is 0 Å². The molecule has 6 rings (SSSR count). The number of H-pyrrole nitrogens is 1. The lowest BCUT2D eigenvalue weighted by atomic mass is 9.96. The molecule has 0 saturated carbocycles. The average Bonchev–Trinajstić information content (AvgIpc) is 3.65. The molecule has 0 aliphatic heterocycles. The Hall–Kier alpha value is -5.43. The van der Waals surface area contributed by atoms with Crippen LogP contribution in [0.1, 0.15) is 42.3 Å². The van der Waals surface area contributed by atoms with Gasteiger partial charge in [0.1, 0.15) is 18.5 Å². The van der Waals surface area contributed by atoms with E-state index in [0.29, 0.717) is 12.2 Å². The number of carbonyl (C=O) groups excluding carboxylic acids is 2. The highest BCUT2D eigenvalue weighted by molar-refractivity contribution is 5.87. The number of allylic oxidation sites excluding steroid dienone is 3. The van der Waals surface area contributed by atoms with Gasteiger partial charge in [-0.05, 0) is 58.0 Å². The van der Waals surface area contributed by atoms with Crippen molar-refractivity contribution in [2.45, 2.75) is 38.8 Å². The quantitative estimate of drug-likeness (QED) is 0.157. The molecular weight excluding hydrogens is 560 g/mol. The minimum absolute atomic E-state index is 0.0753. The maximum Gasteiger partial charge on any atom is 0.407 e. The second-order valence-corrected chi connectivity index (χ2v) is 11.2. The van der Waals surface area contributed by atoms with E-state index in [4.69, 9.17) is 4.74 Å². The topological polar surface area (TPSA) is 96.1 Å². The number of imidazole rings is 1. The second-order valence-electron chi connectivity index (χ2n) is 11.2. The van der Waals surface area contributed by atoms with Crippen molar-refractivity contribution in [1.82, 2.24) is 20.6 Å². The van der Waals surface area contributed by atoms with Crippen molar-refractivity contribution in [1.29, 1.82) is 0 Å². The van der Waals surface area contributed by atoms with E-state index in [1.165, 1.54) is 11.1 Å². The van der Waals surface area contributed by atoms with Crippen molar-refractivity contribution in [2.24, 2.45) is 0 Å². The highest BCUT2D eigenvalue weighted by atomic mass is 16.5. The molecule has 1 aliphatic carbocycles. The van der Waals surface area contributed by atoms with E-state index in [1.807, 2.05) is 97.9 Å². The van der Waals surface area contributed by atoms with Gasteiger partial charge < -0.3 is 20.4 Å². The van der Waals surface area contributed by atoms with Crippen LogP contribution in [0.2, 0.25) is 0 Å². The molecule has 0 fully saturated rings. The highest BCUT2D eigenvalue weighted by Crippen LogP contribution is 2.42. The smallest absolute Gasteiger partial charge is 0.407 e.